The molecule has 29 heavy (non-hydrogen) atoms. The van der Waals surface area contributed by atoms with Crippen LogP contribution >= 0.6 is 0 Å². The zero-order valence-corrected chi connectivity index (χ0v) is 19.1. The van der Waals surface area contributed by atoms with E-state index in [2.05, 4.69) is 33.8 Å². The van der Waals surface area contributed by atoms with Crippen LogP contribution in [0.1, 0.15) is 85.5 Å². The fourth-order valence-electron chi connectivity index (χ4n) is 8.12. The summed E-state index contributed by atoms with van der Waals surface area (Å²) in [6.07, 6.45) is 12.2. The number of allylic oxidation sites excluding steroid dienone is 2. The summed E-state index contributed by atoms with van der Waals surface area (Å²) in [7, 11) is 1.46. The second kappa shape index (κ2) is 7.54. The van der Waals surface area contributed by atoms with E-state index in [0.717, 1.165) is 24.7 Å². The Morgan fingerprint density at radius 1 is 1.21 bits per heavy atom. The summed E-state index contributed by atoms with van der Waals surface area (Å²) >= 11 is 0. The van der Waals surface area contributed by atoms with E-state index in [9.17, 15) is 9.59 Å². The highest BCUT2D eigenvalue weighted by atomic mass is 16.5. The van der Waals surface area contributed by atoms with Gasteiger partial charge in [-0.25, -0.2) is 0 Å². The van der Waals surface area contributed by atoms with Crippen molar-refractivity contribution in [2.24, 2.45) is 46.3 Å². The number of ketones is 1. The molecule has 0 radical (unpaired) electrons. The number of hydrogen-bond donors (Lipinski definition) is 0. The van der Waals surface area contributed by atoms with Crippen molar-refractivity contribution in [2.45, 2.75) is 85.5 Å². The maximum absolute atomic E-state index is 13.7. The third-order valence-corrected chi connectivity index (χ3v) is 9.98. The predicted octanol–water partition coefficient (Wildman–Crippen LogP) is 5.97. The minimum atomic E-state index is -0.241. The van der Waals surface area contributed by atoms with Crippen molar-refractivity contribution >= 4 is 11.8 Å². The van der Waals surface area contributed by atoms with Gasteiger partial charge in [-0.15, -0.1) is 0 Å². The molecule has 4 aliphatic carbocycles. The molecule has 4 rings (SSSR count). The van der Waals surface area contributed by atoms with E-state index in [0.29, 0.717) is 35.9 Å². The Hall–Kier alpha value is -1.12. The Morgan fingerprint density at radius 2 is 1.97 bits per heavy atom. The molecule has 0 bridgehead atoms. The molecule has 0 aromatic heterocycles. The van der Waals surface area contributed by atoms with E-state index in [-0.39, 0.29) is 16.8 Å². The summed E-state index contributed by atoms with van der Waals surface area (Å²) in [5.74, 6) is 3.73. The fraction of sp³-hybridized carbons (Fsp3) is 0.846. The van der Waals surface area contributed by atoms with Crippen LogP contribution in [0.4, 0.5) is 0 Å². The van der Waals surface area contributed by atoms with Gasteiger partial charge < -0.3 is 4.74 Å². The normalized spacial score (nSPS) is 44.9. The van der Waals surface area contributed by atoms with Gasteiger partial charge in [0.25, 0.3) is 0 Å². The maximum atomic E-state index is 13.7. The van der Waals surface area contributed by atoms with Gasteiger partial charge in [0, 0.05) is 11.8 Å². The standard InChI is InChI=1S/C26H40O3/c1-16-12-13-25(3)18(14-16)7-8-19-21-10-9-20(17(2)6-11-24(28)29-5)26(21,4)23(27)15-22(19)25/h15-21H,6-14H2,1-5H3/t16-,17+,18+,19?,20?,21?,25-,26+/m0/s1. The number of carbonyl (C=O) groups excluding carboxylic acids is 2. The Balaban J connectivity index is 1.60. The van der Waals surface area contributed by atoms with Gasteiger partial charge in [0.15, 0.2) is 5.78 Å². The molecule has 0 spiro atoms. The first-order valence-corrected chi connectivity index (χ1v) is 12.0. The smallest absolute Gasteiger partial charge is 0.305 e. The van der Waals surface area contributed by atoms with Gasteiger partial charge in [0.05, 0.1) is 7.11 Å². The van der Waals surface area contributed by atoms with Crippen molar-refractivity contribution in [1.82, 2.24) is 0 Å². The Bertz CT molecular complexity index is 709. The molecule has 0 saturated heterocycles. The second-order valence-electron chi connectivity index (χ2n) is 11.3. The number of rotatable bonds is 4. The van der Waals surface area contributed by atoms with Crippen LogP contribution in [-0.2, 0) is 14.3 Å². The molecular formula is C26H40O3. The van der Waals surface area contributed by atoms with Gasteiger partial charge in [-0.3, -0.25) is 9.59 Å². The number of carbonyl (C=O) groups is 2. The minimum absolute atomic E-state index is 0.133. The Labute approximate surface area is 177 Å². The average Bonchev–Trinajstić information content (AvgIpc) is 3.06. The topological polar surface area (TPSA) is 43.4 Å². The third kappa shape index (κ3) is 3.22. The maximum Gasteiger partial charge on any atom is 0.305 e. The lowest BCUT2D eigenvalue weighted by Crippen LogP contribution is -2.51. The van der Waals surface area contributed by atoms with E-state index in [1.807, 2.05) is 0 Å². The molecule has 3 saturated carbocycles. The molecule has 0 heterocycles. The zero-order valence-electron chi connectivity index (χ0n) is 19.1. The van der Waals surface area contributed by atoms with Crippen LogP contribution in [0.5, 0.6) is 0 Å². The van der Waals surface area contributed by atoms with Gasteiger partial charge in [-0.2, -0.15) is 0 Å². The summed E-state index contributed by atoms with van der Waals surface area (Å²) < 4.78 is 4.84. The molecule has 3 unspecified atom stereocenters. The van der Waals surface area contributed by atoms with Gasteiger partial charge in [-0.1, -0.05) is 33.3 Å². The SMILES string of the molecule is COC(=O)CC[C@@H](C)C1CCC2C3CC[C@@H]4C[C@@H](C)CC[C@]4(C)C3=CC(=O)[C@@]21C. The minimum Gasteiger partial charge on any atom is -0.469 e. The molecule has 0 aromatic rings. The molecule has 3 heteroatoms. The van der Waals surface area contributed by atoms with E-state index in [1.54, 1.807) is 0 Å². The van der Waals surface area contributed by atoms with Crippen LogP contribution in [0.2, 0.25) is 0 Å². The van der Waals surface area contributed by atoms with E-state index >= 15 is 0 Å². The number of esters is 1. The fourth-order valence-corrected chi connectivity index (χ4v) is 8.12. The van der Waals surface area contributed by atoms with Crippen molar-refractivity contribution in [1.29, 1.82) is 0 Å². The Kier molecular flexibility index (Phi) is 5.49. The monoisotopic (exact) mass is 400 g/mol. The first kappa shape index (κ1) is 21.1. The van der Waals surface area contributed by atoms with Crippen molar-refractivity contribution in [3.8, 4) is 0 Å². The lowest BCUT2D eigenvalue weighted by molar-refractivity contribution is -0.141. The lowest BCUT2D eigenvalue weighted by atomic mass is 9.47. The molecular weight excluding hydrogens is 360 g/mol. The molecule has 4 aliphatic rings. The molecule has 0 aliphatic heterocycles. The van der Waals surface area contributed by atoms with E-state index < -0.39 is 0 Å². The van der Waals surface area contributed by atoms with E-state index in [4.69, 9.17) is 4.74 Å². The molecule has 8 atom stereocenters. The number of methoxy groups -OCH3 is 1. The van der Waals surface area contributed by atoms with Crippen LogP contribution in [0.15, 0.2) is 11.6 Å². The third-order valence-electron chi connectivity index (χ3n) is 9.98. The predicted molar refractivity (Wildman–Crippen MR) is 115 cm³/mol. The van der Waals surface area contributed by atoms with Crippen LogP contribution in [0.3, 0.4) is 0 Å². The summed E-state index contributed by atoms with van der Waals surface area (Å²) in [5.41, 5.74) is 1.53. The zero-order chi connectivity index (χ0) is 21.0. The number of ether oxygens (including phenoxy) is 1. The number of fused-ring (bicyclic) bond motifs is 5. The quantitative estimate of drug-likeness (QED) is 0.546. The average molecular weight is 401 g/mol. The highest BCUT2D eigenvalue weighted by Gasteiger charge is 2.60. The van der Waals surface area contributed by atoms with Crippen molar-refractivity contribution in [3.05, 3.63) is 11.6 Å². The van der Waals surface area contributed by atoms with Crippen LogP contribution < -0.4 is 0 Å². The van der Waals surface area contributed by atoms with Crippen molar-refractivity contribution in [3.63, 3.8) is 0 Å². The van der Waals surface area contributed by atoms with Crippen LogP contribution in [0, 0.1) is 46.3 Å². The summed E-state index contributed by atoms with van der Waals surface area (Å²) in [5, 5.41) is 0. The van der Waals surface area contributed by atoms with Crippen molar-refractivity contribution < 1.29 is 14.3 Å². The van der Waals surface area contributed by atoms with Crippen LogP contribution in [0.25, 0.3) is 0 Å². The summed E-state index contributed by atoms with van der Waals surface area (Å²) in [6, 6.07) is 0. The van der Waals surface area contributed by atoms with Gasteiger partial charge >= 0.3 is 5.97 Å². The van der Waals surface area contributed by atoms with E-state index in [1.165, 1.54) is 51.2 Å². The van der Waals surface area contributed by atoms with Crippen LogP contribution in [-0.4, -0.2) is 18.9 Å². The molecule has 3 nitrogen and oxygen atoms in total. The van der Waals surface area contributed by atoms with Gasteiger partial charge in [0.1, 0.15) is 0 Å². The summed E-state index contributed by atoms with van der Waals surface area (Å²) in [4.78, 5) is 25.3. The van der Waals surface area contributed by atoms with Crippen molar-refractivity contribution in [2.75, 3.05) is 7.11 Å². The molecule has 0 aromatic carbocycles. The first-order chi connectivity index (χ1) is 13.7. The molecule has 162 valence electrons. The second-order valence-corrected chi connectivity index (χ2v) is 11.3. The first-order valence-electron chi connectivity index (χ1n) is 12.0. The molecule has 0 N–H and O–H groups in total. The van der Waals surface area contributed by atoms with Gasteiger partial charge in [-0.05, 0) is 98.4 Å². The van der Waals surface area contributed by atoms with Gasteiger partial charge in [0.2, 0.25) is 0 Å². The molecule has 3 fully saturated rings. The number of hydrogen-bond acceptors (Lipinski definition) is 3. The highest BCUT2D eigenvalue weighted by Crippen LogP contribution is 2.65. The molecule has 0 amide bonds. The summed E-state index contributed by atoms with van der Waals surface area (Å²) in [6.45, 7) is 9.38. The highest BCUT2D eigenvalue weighted by molar-refractivity contribution is 5.97. The largest absolute Gasteiger partial charge is 0.469 e. The Morgan fingerprint density at radius 3 is 2.69 bits per heavy atom. The lowest BCUT2D eigenvalue weighted by Gasteiger charge is -2.56.